The molecule has 1 atom stereocenters. The van der Waals surface area contributed by atoms with Gasteiger partial charge in [-0.1, -0.05) is 37.6 Å². The van der Waals surface area contributed by atoms with Crippen molar-refractivity contribution in [1.82, 2.24) is 5.32 Å². The molecule has 110 valence electrons. The predicted octanol–water partition coefficient (Wildman–Crippen LogP) is 3.59. The zero-order valence-corrected chi connectivity index (χ0v) is 13.0. The van der Waals surface area contributed by atoms with Crippen molar-refractivity contribution < 1.29 is 9.59 Å². The zero-order valence-electron chi connectivity index (χ0n) is 12.2. The molecule has 0 fully saturated rings. The maximum atomic E-state index is 12.6. The third-order valence-electron chi connectivity index (χ3n) is 4.22. The number of nitrogens with one attached hydrogen (secondary N) is 1. The third kappa shape index (κ3) is 2.75. The van der Waals surface area contributed by atoms with Gasteiger partial charge in [0.2, 0.25) is 5.91 Å². The molecule has 0 saturated heterocycles. The lowest BCUT2D eigenvalue weighted by Crippen LogP contribution is -2.40. The Kier molecular flexibility index (Phi) is 3.40. The highest BCUT2D eigenvalue weighted by molar-refractivity contribution is 6.30. The molecule has 1 heterocycles. The van der Waals surface area contributed by atoms with Gasteiger partial charge in [0.05, 0.1) is 0 Å². The summed E-state index contributed by atoms with van der Waals surface area (Å²) in [5.74, 6) is -0.00461. The number of benzene rings is 1. The Hall–Kier alpha value is -1.61. The lowest BCUT2D eigenvalue weighted by atomic mass is 9.70. The van der Waals surface area contributed by atoms with Gasteiger partial charge in [-0.15, -0.1) is 0 Å². The summed E-state index contributed by atoms with van der Waals surface area (Å²) in [5, 5.41) is 3.57. The van der Waals surface area contributed by atoms with E-state index in [1.807, 2.05) is 12.1 Å². The molecule has 3 rings (SSSR count). The van der Waals surface area contributed by atoms with Crippen LogP contribution in [0.1, 0.15) is 44.6 Å². The fraction of sp³-hybridized carbons (Fsp3) is 0.412. The van der Waals surface area contributed by atoms with Crippen LogP contribution in [0, 0.1) is 5.41 Å². The zero-order chi connectivity index (χ0) is 15.2. The van der Waals surface area contributed by atoms with Crippen LogP contribution in [0.15, 0.2) is 35.5 Å². The third-order valence-corrected chi connectivity index (χ3v) is 4.47. The molecule has 2 aliphatic rings. The monoisotopic (exact) mass is 303 g/mol. The number of carbonyl (C=O) groups excluding carboxylic acids is 2. The van der Waals surface area contributed by atoms with Crippen LogP contribution in [-0.2, 0) is 9.59 Å². The van der Waals surface area contributed by atoms with Crippen LogP contribution in [-0.4, -0.2) is 11.7 Å². The Morgan fingerprint density at radius 1 is 1.14 bits per heavy atom. The van der Waals surface area contributed by atoms with Gasteiger partial charge in [0.1, 0.15) is 0 Å². The van der Waals surface area contributed by atoms with E-state index in [-0.39, 0.29) is 23.0 Å². The van der Waals surface area contributed by atoms with E-state index in [1.54, 1.807) is 12.1 Å². The number of halogens is 1. The van der Waals surface area contributed by atoms with Gasteiger partial charge in [0, 0.05) is 35.1 Å². The van der Waals surface area contributed by atoms with Crippen LogP contribution in [0.5, 0.6) is 0 Å². The lowest BCUT2D eigenvalue weighted by Gasteiger charge is -2.37. The number of carbonyl (C=O) groups is 2. The summed E-state index contributed by atoms with van der Waals surface area (Å²) in [4.78, 5) is 24.6. The summed E-state index contributed by atoms with van der Waals surface area (Å²) in [6.45, 7) is 4.12. The topological polar surface area (TPSA) is 46.2 Å². The number of hydrogen-bond donors (Lipinski definition) is 1. The fourth-order valence-electron chi connectivity index (χ4n) is 3.34. The van der Waals surface area contributed by atoms with Crippen LogP contribution in [0.25, 0.3) is 0 Å². The van der Waals surface area contributed by atoms with E-state index >= 15 is 0 Å². The second kappa shape index (κ2) is 4.99. The minimum Gasteiger partial charge on any atom is -0.329 e. The number of allylic oxidation sites excluding steroid dienone is 2. The van der Waals surface area contributed by atoms with Crippen molar-refractivity contribution in [3.05, 3.63) is 46.1 Å². The quantitative estimate of drug-likeness (QED) is 0.862. The van der Waals surface area contributed by atoms with E-state index in [9.17, 15) is 9.59 Å². The molecule has 3 nitrogen and oxygen atoms in total. The Morgan fingerprint density at radius 2 is 1.81 bits per heavy atom. The molecule has 1 unspecified atom stereocenters. The second-order valence-corrected chi connectivity index (χ2v) is 7.13. The normalized spacial score (nSPS) is 24.6. The molecule has 21 heavy (non-hydrogen) atoms. The van der Waals surface area contributed by atoms with E-state index in [0.717, 1.165) is 23.3 Å². The molecule has 0 radical (unpaired) electrons. The maximum Gasteiger partial charge on any atom is 0.225 e. The molecule has 1 aromatic rings. The van der Waals surface area contributed by atoms with E-state index in [0.29, 0.717) is 17.9 Å². The summed E-state index contributed by atoms with van der Waals surface area (Å²) in [5.41, 5.74) is 2.49. The summed E-state index contributed by atoms with van der Waals surface area (Å²) in [7, 11) is 0. The van der Waals surface area contributed by atoms with Crippen LogP contribution in [0.3, 0.4) is 0 Å². The second-order valence-electron chi connectivity index (χ2n) is 6.69. The van der Waals surface area contributed by atoms with Crippen LogP contribution < -0.4 is 5.32 Å². The number of amides is 1. The average molecular weight is 304 g/mol. The first-order chi connectivity index (χ1) is 9.85. The molecule has 1 aliphatic heterocycles. The molecule has 4 heteroatoms. The summed E-state index contributed by atoms with van der Waals surface area (Å²) < 4.78 is 0. The Morgan fingerprint density at radius 3 is 2.48 bits per heavy atom. The minimum absolute atomic E-state index is 0.0146. The molecule has 1 N–H and O–H groups in total. The van der Waals surface area contributed by atoms with Gasteiger partial charge in [-0.3, -0.25) is 9.59 Å². The van der Waals surface area contributed by atoms with Crippen molar-refractivity contribution in [2.75, 3.05) is 0 Å². The standard InChI is InChI=1S/C17H18ClNO2/c1-17(2)8-13-16(14(20)9-17)12(7-15(21)19-13)10-3-5-11(18)6-4-10/h3-6,12H,7-9H2,1-2H3,(H,19,21). The molecule has 0 bridgehead atoms. The highest BCUT2D eigenvalue weighted by Crippen LogP contribution is 2.43. The first-order valence-electron chi connectivity index (χ1n) is 7.17. The summed E-state index contributed by atoms with van der Waals surface area (Å²) in [6.07, 6.45) is 1.60. The smallest absolute Gasteiger partial charge is 0.225 e. The first kappa shape index (κ1) is 14.3. The van der Waals surface area contributed by atoms with Gasteiger partial charge >= 0.3 is 0 Å². The van der Waals surface area contributed by atoms with E-state index in [1.165, 1.54) is 0 Å². The Balaban J connectivity index is 2.06. The summed E-state index contributed by atoms with van der Waals surface area (Å²) in [6, 6.07) is 7.42. The van der Waals surface area contributed by atoms with Crippen LogP contribution in [0.2, 0.25) is 5.02 Å². The molecular formula is C17H18ClNO2. The molecular weight excluding hydrogens is 286 g/mol. The fourth-order valence-corrected chi connectivity index (χ4v) is 3.46. The lowest BCUT2D eigenvalue weighted by molar-refractivity contribution is -0.122. The van der Waals surface area contributed by atoms with E-state index < -0.39 is 0 Å². The Bertz CT molecular complexity index is 643. The summed E-state index contributed by atoms with van der Waals surface area (Å²) >= 11 is 5.92. The van der Waals surface area contributed by atoms with Crippen LogP contribution in [0.4, 0.5) is 0 Å². The van der Waals surface area contributed by atoms with Crippen molar-refractivity contribution in [3.8, 4) is 0 Å². The number of hydrogen-bond acceptors (Lipinski definition) is 2. The van der Waals surface area contributed by atoms with Crippen molar-refractivity contribution in [1.29, 1.82) is 0 Å². The van der Waals surface area contributed by atoms with Crippen molar-refractivity contribution in [2.24, 2.45) is 5.41 Å². The predicted molar refractivity (Wildman–Crippen MR) is 82.0 cm³/mol. The van der Waals surface area contributed by atoms with Gasteiger partial charge in [-0.05, 0) is 29.5 Å². The largest absolute Gasteiger partial charge is 0.329 e. The first-order valence-corrected chi connectivity index (χ1v) is 7.55. The van der Waals surface area contributed by atoms with Gasteiger partial charge in [0.15, 0.2) is 5.78 Å². The number of Topliss-reactive ketones (excluding diaryl/α,β-unsaturated/α-hetero) is 1. The Labute approximate surface area is 129 Å². The molecule has 1 aromatic carbocycles. The molecule has 1 amide bonds. The van der Waals surface area contributed by atoms with Gasteiger partial charge in [-0.2, -0.15) is 0 Å². The molecule has 1 aliphatic carbocycles. The van der Waals surface area contributed by atoms with E-state index in [4.69, 9.17) is 11.6 Å². The average Bonchev–Trinajstić information content (AvgIpc) is 2.36. The van der Waals surface area contributed by atoms with Crippen molar-refractivity contribution in [3.63, 3.8) is 0 Å². The van der Waals surface area contributed by atoms with Crippen molar-refractivity contribution in [2.45, 2.75) is 39.0 Å². The SMILES string of the molecule is CC1(C)CC(=O)C2=C(C1)NC(=O)CC2c1ccc(Cl)cc1. The molecule has 0 saturated carbocycles. The maximum absolute atomic E-state index is 12.6. The highest BCUT2D eigenvalue weighted by Gasteiger charge is 2.40. The minimum atomic E-state index is -0.144. The van der Waals surface area contributed by atoms with E-state index in [2.05, 4.69) is 19.2 Å². The van der Waals surface area contributed by atoms with Crippen LogP contribution >= 0.6 is 11.6 Å². The molecule has 0 aromatic heterocycles. The number of ketones is 1. The van der Waals surface area contributed by atoms with Crippen molar-refractivity contribution >= 4 is 23.3 Å². The number of rotatable bonds is 1. The molecule has 0 spiro atoms. The highest BCUT2D eigenvalue weighted by atomic mass is 35.5. The van der Waals surface area contributed by atoms with Gasteiger partial charge in [-0.25, -0.2) is 0 Å². The van der Waals surface area contributed by atoms with Gasteiger partial charge in [0.25, 0.3) is 0 Å². The van der Waals surface area contributed by atoms with Gasteiger partial charge < -0.3 is 5.32 Å².